The zero-order valence-electron chi connectivity index (χ0n) is 16.2. The maximum atomic E-state index is 12.7. The normalized spacial score (nSPS) is 12.3. The zero-order chi connectivity index (χ0) is 21.4. The van der Waals surface area contributed by atoms with Gasteiger partial charge in [0, 0.05) is 24.5 Å². The number of rotatable bonds is 8. The highest BCUT2D eigenvalue weighted by atomic mass is 32.2. The van der Waals surface area contributed by atoms with E-state index < -0.39 is 12.1 Å². The second kappa shape index (κ2) is 10.3. The summed E-state index contributed by atoms with van der Waals surface area (Å²) >= 11 is 1.49. The van der Waals surface area contributed by atoms with Crippen LogP contribution < -0.4 is 5.32 Å². The third kappa shape index (κ3) is 7.12. The first kappa shape index (κ1) is 22.8. The summed E-state index contributed by atoms with van der Waals surface area (Å²) in [6, 6.07) is 16.3. The lowest BCUT2D eigenvalue weighted by molar-refractivity contribution is -0.185. The summed E-state index contributed by atoms with van der Waals surface area (Å²) in [5.74, 6) is -1.37. The lowest BCUT2D eigenvalue weighted by Gasteiger charge is -2.22. The molecule has 0 radical (unpaired) electrons. The molecule has 29 heavy (non-hydrogen) atoms. The van der Waals surface area contributed by atoms with Crippen molar-refractivity contribution in [1.29, 1.82) is 0 Å². The Morgan fingerprint density at radius 3 is 2.34 bits per heavy atom. The number of nitrogens with zero attached hydrogens (tertiary/aromatic N) is 1. The van der Waals surface area contributed by atoms with Gasteiger partial charge in [0.25, 0.3) is 0 Å². The minimum atomic E-state index is -4.91. The molecule has 1 N–H and O–H groups in total. The van der Waals surface area contributed by atoms with E-state index in [4.69, 9.17) is 0 Å². The molecule has 0 unspecified atom stereocenters. The van der Waals surface area contributed by atoms with Crippen molar-refractivity contribution in [3.8, 4) is 0 Å². The van der Waals surface area contributed by atoms with E-state index in [0.29, 0.717) is 17.0 Å². The van der Waals surface area contributed by atoms with E-state index >= 15 is 0 Å². The summed E-state index contributed by atoms with van der Waals surface area (Å²) < 4.78 is 38.0. The number of hydrogen-bond donors (Lipinski definition) is 1. The number of alkyl halides is 3. The summed E-state index contributed by atoms with van der Waals surface area (Å²) in [6.45, 7) is 3.04. The highest BCUT2D eigenvalue weighted by Crippen LogP contribution is 2.22. The number of carbonyl (C=O) groups excluding carboxylic acids is 2. The smallest absolute Gasteiger partial charge is 0.331 e. The van der Waals surface area contributed by atoms with Crippen LogP contribution in [0.5, 0.6) is 0 Å². The monoisotopic (exact) mass is 424 g/mol. The van der Waals surface area contributed by atoms with E-state index in [1.165, 1.54) is 18.7 Å². The van der Waals surface area contributed by atoms with Crippen molar-refractivity contribution in [3.63, 3.8) is 0 Å². The minimum Gasteiger partial charge on any atom is -0.331 e. The molecule has 0 aliphatic carbocycles. The van der Waals surface area contributed by atoms with Gasteiger partial charge in [-0.15, -0.1) is 11.8 Å². The molecule has 2 rings (SSSR count). The minimum absolute atomic E-state index is 0.0674. The molecule has 0 aliphatic heterocycles. The maximum absolute atomic E-state index is 12.7. The Morgan fingerprint density at radius 1 is 1.07 bits per heavy atom. The Labute approximate surface area is 172 Å². The van der Waals surface area contributed by atoms with Crippen LogP contribution in [-0.4, -0.2) is 34.7 Å². The van der Waals surface area contributed by atoms with Crippen molar-refractivity contribution in [2.45, 2.75) is 37.6 Å². The number of anilines is 1. The summed E-state index contributed by atoms with van der Waals surface area (Å²) in [5.41, 5.74) is 2.11. The van der Waals surface area contributed by atoms with Crippen LogP contribution in [0.1, 0.15) is 25.0 Å². The van der Waals surface area contributed by atoms with Gasteiger partial charge in [-0.3, -0.25) is 9.59 Å². The fourth-order valence-corrected chi connectivity index (χ4v) is 3.43. The van der Waals surface area contributed by atoms with E-state index in [-0.39, 0.29) is 24.2 Å². The molecular weight excluding hydrogens is 401 g/mol. The van der Waals surface area contributed by atoms with Crippen LogP contribution in [-0.2, 0) is 21.9 Å². The number of amides is 2. The van der Waals surface area contributed by atoms with E-state index in [9.17, 15) is 22.8 Å². The van der Waals surface area contributed by atoms with Gasteiger partial charge < -0.3 is 10.2 Å². The number of carbonyl (C=O) groups is 2. The van der Waals surface area contributed by atoms with Crippen molar-refractivity contribution in [2.24, 2.45) is 0 Å². The molecule has 0 aliphatic rings. The predicted molar refractivity (Wildman–Crippen MR) is 109 cm³/mol. The third-order valence-corrected chi connectivity index (χ3v) is 5.41. The van der Waals surface area contributed by atoms with Crippen molar-refractivity contribution in [1.82, 2.24) is 4.90 Å². The average Bonchev–Trinajstić information content (AvgIpc) is 2.70. The van der Waals surface area contributed by atoms with E-state index in [0.717, 1.165) is 10.5 Å². The van der Waals surface area contributed by atoms with Gasteiger partial charge in [0.15, 0.2) is 0 Å². The average molecular weight is 424 g/mol. The van der Waals surface area contributed by atoms with E-state index in [2.05, 4.69) is 5.32 Å². The fourth-order valence-electron chi connectivity index (χ4n) is 2.59. The first-order valence-electron chi connectivity index (χ1n) is 9.12. The van der Waals surface area contributed by atoms with E-state index in [1.54, 1.807) is 31.2 Å². The Balaban J connectivity index is 1.96. The molecule has 156 valence electrons. The predicted octanol–water partition coefficient (Wildman–Crippen LogP) is 4.86. The molecule has 0 heterocycles. The van der Waals surface area contributed by atoms with E-state index in [1.807, 2.05) is 30.3 Å². The van der Waals surface area contributed by atoms with Crippen LogP contribution in [0, 0.1) is 0 Å². The number of halogens is 3. The van der Waals surface area contributed by atoms with Crippen molar-refractivity contribution >= 4 is 29.3 Å². The molecule has 1 atom stereocenters. The summed E-state index contributed by atoms with van der Waals surface area (Å²) in [6.07, 6.45) is -4.91. The van der Waals surface area contributed by atoms with Crippen molar-refractivity contribution in [3.05, 3.63) is 65.7 Å². The molecule has 0 fully saturated rings. The van der Waals surface area contributed by atoms with Crippen LogP contribution in [0.2, 0.25) is 0 Å². The second-order valence-electron chi connectivity index (χ2n) is 6.45. The molecule has 4 nitrogen and oxygen atoms in total. The SMILES string of the molecule is CCN(Cc1cccc(NC(=O)[C@H](C)SCc2ccccc2)c1)C(=O)C(F)(F)F. The van der Waals surface area contributed by atoms with Crippen LogP contribution in [0.15, 0.2) is 54.6 Å². The topological polar surface area (TPSA) is 49.4 Å². The Morgan fingerprint density at radius 2 is 1.72 bits per heavy atom. The quantitative estimate of drug-likeness (QED) is 0.659. The third-order valence-electron chi connectivity index (χ3n) is 4.19. The van der Waals surface area contributed by atoms with Crippen LogP contribution in [0.4, 0.5) is 18.9 Å². The van der Waals surface area contributed by atoms with Gasteiger partial charge in [-0.25, -0.2) is 0 Å². The molecule has 0 spiro atoms. The zero-order valence-corrected chi connectivity index (χ0v) is 17.0. The van der Waals surface area contributed by atoms with Gasteiger partial charge in [-0.1, -0.05) is 42.5 Å². The Hall–Kier alpha value is -2.48. The summed E-state index contributed by atoms with van der Waals surface area (Å²) in [7, 11) is 0. The first-order valence-corrected chi connectivity index (χ1v) is 10.2. The number of nitrogens with one attached hydrogen (secondary N) is 1. The van der Waals surface area contributed by atoms with Gasteiger partial charge in [-0.2, -0.15) is 13.2 Å². The highest BCUT2D eigenvalue weighted by molar-refractivity contribution is 7.99. The number of benzene rings is 2. The molecule has 2 aromatic carbocycles. The highest BCUT2D eigenvalue weighted by Gasteiger charge is 2.41. The first-order chi connectivity index (χ1) is 13.7. The summed E-state index contributed by atoms with van der Waals surface area (Å²) in [5, 5.41) is 2.48. The molecule has 2 amide bonds. The van der Waals surface area contributed by atoms with Gasteiger partial charge in [0.1, 0.15) is 0 Å². The van der Waals surface area contributed by atoms with Crippen molar-refractivity contribution < 1.29 is 22.8 Å². The fraction of sp³-hybridized carbons (Fsp3) is 0.333. The molecule has 0 saturated heterocycles. The molecule has 0 bridgehead atoms. The number of thioether (sulfide) groups is 1. The van der Waals surface area contributed by atoms with Crippen LogP contribution >= 0.6 is 11.8 Å². The molecule has 2 aromatic rings. The molecule has 0 saturated carbocycles. The standard InChI is InChI=1S/C21H23F3N2O2S/c1-3-26(20(28)21(22,23)24)13-17-10-7-11-18(12-17)25-19(27)15(2)29-14-16-8-5-4-6-9-16/h4-12,15H,3,13-14H2,1-2H3,(H,25,27)/t15-/m0/s1. The lowest BCUT2D eigenvalue weighted by Crippen LogP contribution is -2.40. The Kier molecular flexibility index (Phi) is 8.13. The lowest BCUT2D eigenvalue weighted by atomic mass is 10.2. The maximum Gasteiger partial charge on any atom is 0.471 e. The molecule has 8 heteroatoms. The van der Waals surface area contributed by atoms with Gasteiger partial charge >= 0.3 is 12.1 Å². The largest absolute Gasteiger partial charge is 0.471 e. The molecule has 0 aromatic heterocycles. The van der Waals surface area contributed by atoms with Crippen molar-refractivity contribution in [2.75, 3.05) is 11.9 Å². The van der Waals surface area contributed by atoms with Gasteiger partial charge in [0.2, 0.25) is 5.91 Å². The number of hydrogen-bond acceptors (Lipinski definition) is 3. The summed E-state index contributed by atoms with van der Waals surface area (Å²) in [4.78, 5) is 24.6. The van der Waals surface area contributed by atoms with Crippen LogP contribution in [0.25, 0.3) is 0 Å². The van der Waals surface area contributed by atoms with Gasteiger partial charge in [-0.05, 0) is 37.1 Å². The molecular formula is C21H23F3N2O2S. The Bertz CT molecular complexity index is 828. The van der Waals surface area contributed by atoms with Crippen LogP contribution in [0.3, 0.4) is 0 Å². The second-order valence-corrected chi connectivity index (χ2v) is 7.77. The van der Waals surface area contributed by atoms with Gasteiger partial charge in [0.05, 0.1) is 5.25 Å².